The van der Waals surface area contributed by atoms with Gasteiger partial charge in [0, 0.05) is 39.3 Å². The van der Waals surface area contributed by atoms with Crippen LogP contribution in [0.15, 0.2) is 53.6 Å². The van der Waals surface area contributed by atoms with Crippen LogP contribution in [0, 0.1) is 0 Å². The van der Waals surface area contributed by atoms with E-state index >= 15 is 0 Å². The van der Waals surface area contributed by atoms with Crippen molar-refractivity contribution >= 4 is 69.1 Å². The molecular weight excluding hydrogens is 483 g/mol. The lowest BCUT2D eigenvalue weighted by molar-refractivity contribution is -0.149. The van der Waals surface area contributed by atoms with E-state index in [0.717, 1.165) is 38.7 Å². The second-order valence-corrected chi connectivity index (χ2v) is 9.61. The standard InChI is InChI=1S/C24H20Cl2N2O4S/c1-14(2)32-22(29)13-28-23(30)21(33-24(28)31)9-16-12-27(20-6-4-3-5-18(16)20)11-15-7-8-17(25)10-19(15)26/h3-10,12,14H,11,13H2,1-2H3/b21-9+. The fourth-order valence-corrected chi connectivity index (χ4v) is 4.86. The van der Waals surface area contributed by atoms with Gasteiger partial charge >= 0.3 is 5.97 Å². The molecule has 0 aliphatic carbocycles. The maximum Gasteiger partial charge on any atom is 0.326 e. The Morgan fingerprint density at radius 1 is 1.15 bits per heavy atom. The third kappa shape index (κ3) is 5.11. The van der Waals surface area contributed by atoms with Gasteiger partial charge in [-0.25, -0.2) is 0 Å². The van der Waals surface area contributed by atoms with Crippen molar-refractivity contribution < 1.29 is 19.1 Å². The number of amides is 2. The predicted octanol–water partition coefficient (Wildman–Crippen LogP) is 5.98. The Morgan fingerprint density at radius 3 is 2.64 bits per heavy atom. The molecule has 33 heavy (non-hydrogen) atoms. The normalized spacial score (nSPS) is 15.3. The molecule has 2 aromatic carbocycles. The Bertz CT molecular complexity index is 1300. The molecule has 9 heteroatoms. The van der Waals surface area contributed by atoms with Crippen LogP contribution in [0.5, 0.6) is 0 Å². The van der Waals surface area contributed by atoms with Gasteiger partial charge in [-0.05, 0) is 55.4 Å². The van der Waals surface area contributed by atoms with Gasteiger partial charge in [-0.3, -0.25) is 19.3 Å². The van der Waals surface area contributed by atoms with E-state index in [2.05, 4.69) is 0 Å². The summed E-state index contributed by atoms with van der Waals surface area (Å²) in [6.45, 7) is 3.51. The van der Waals surface area contributed by atoms with Crippen molar-refractivity contribution in [2.45, 2.75) is 26.5 Å². The van der Waals surface area contributed by atoms with Crippen LogP contribution in [-0.2, 0) is 20.9 Å². The molecule has 1 aliphatic rings. The number of nitrogens with zero attached hydrogens (tertiary/aromatic N) is 2. The minimum absolute atomic E-state index is 0.254. The van der Waals surface area contributed by atoms with Gasteiger partial charge in [0.1, 0.15) is 6.54 Å². The first-order chi connectivity index (χ1) is 15.7. The van der Waals surface area contributed by atoms with E-state index in [1.54, 1.807) is 32.1 Å². The maximum absolute atomic E-state index is 12.8. The summed E-state index contributed by atoms with van der Waals surface area (Å²) in [6.07, 6.45) is 3.27. The minimum atomic E-state index is -0.620. The van der Waals surface area contributed by atoms with Crippen LogP contribution in [-0.4, -0.2) is 39.2 Å². The molecule has 0 bridgehead atoms. The van der Waals surface area contributed by atoms with E-state index in [9.17, 15) is 14.4 Å². The molecule has 0 radical (unpaired) electrons. The molecule has 6 nitrogen and oxygen atoms in total. The lowest BCUT2D eigenvalue weighted by atomic mass is 10.1. The van der Waals surface area contributed by atoms with Crippen molar-refractivity contribution in [1.29, 1.82) is 0 Å². The summed E-state index contributed by atoms with van der Waals surface area (Å²) >= 11 is 13.2. The van der Waals surface area contributed by atoms with Crippen molar-refractivity contribution in [1.82, 2.24) is 9.47 Å². The first-order valence-corrected chi connectivity index (χ1v) is 11.8. The molecule has 170 valence electrons. The number of thioether (sulfide) groups is 1. The molecule has 0 N–H and O–H groups in total. The number of rotatable bonds is 6. The average Bonchev–Trinajstić information content (AvgIpc) is 3.22. The molecule has 3 aromatic rings. The smallest absolute Gasteiger partial charge is 0.326 e. The zero-order valence-corrected chi connectivity index (χ0v) is 20.2. The van der Waals surface area contributed by atoms with Gasteiger partial charge in [0.15, 0.2) is 0 Å². The molecular formula is C24H20Cl2N2O4S. The van der Waals surface area contributed by atoms with Gasteiger partial charge in [0.25, 0.3) is 11.1 Å². The molecule has 2 amide bonds. The third-order valence-corrected chi connectivity index (χ3v) is 6.48. The van der Waals surface area contributed by atoms with Gasteiger partial charge in [0.2, 0.25) is 0 Å². The Hall–Kier alpha value is -2.74. The van der Waals surface area contributed by atoms with Crippen molar-refractivity contribution in [3.8, 4) is 0 Å². The summed E-state index contributed by atoms with van der Waals surface area (Å²) in [7, 11) is 0. The van der Waals surface area contributed by atoms with Crippen molar-refractivity contribution in [2.75, 3.05) is 6.54 Å². The summed E-state index contributed by atoms with van der Waals surface area (Å²) in [5.41, 5.74) is 2.64. The number of fused-ring (bicyclic) bond motifs is 1. The monoisotopic (exact) mass is 502 g/mol. The Kier molecular flexibility index (Phi) is 6.83. The number of carbonyl (C=O) groups excluding carboxylic acids is 3. The Morgan fingerprint density at radius 2 is 1.91 bits per heavy atom. The highest BCUT2D eigenvalue weighted by atomic mass is 35.5. The van der Waals surface area contributed by atoms with Crippen molar-refractivity contribution in [2.24, 2.45) is 0 Å². The number of carbonyl (C=O) groups is 3. The molecule has 4 rings (SSSR count). The molecule has 0 spiro atoms. The maximum atomic E-state index is 12.8. The van der Waals surface area contributed by atoms with Gasteiger partial charge in [0.05, 0.1) is 11.0 Å². The van der Waals surface area contributed by atoms with Gasteiger partial charge in [-0.1, -0.05) is 47.5 Å². The number of benzene rings is 2. The SMILES string of the molecule is CC(C)OC(=O)CN1C(=O)S/C(=C/c2cn(Cc3ccc(Cl)cc3Cl)c3ccccc23)C1=O. The zero-order chi connectivity index (χ0) is 23.7. The average molecular weight is 503 g/mol. The van der Waals surface area contributed by atoms with Crippen LogP contribution in [0.4, 0.5) is 4.79 Å². The molecule has 0 atom stereocenters. The summed E-state index contributed by atoms with van der Waals surface area (Å²) in [5.74, 6) is -1.13. The number of hydrogen-bond acceptors (Lipinski definition) is 5. The Labute approximate surface area is 205 Å². The highest BCUT2D eigenvalue weighted by molar-refractivity contribution is 8.18. The topological polar surface area (TPSA) is 68.6 Å². The van der Waals surface area contributed by atoms with Crippen LogP contribution in [0.2, 0.25) is 10.0 Å². The molecule has 0 saturated carbocycles. The van der Waals surface area contributed by atoms with Crippen LogP contribution >= 0.6 is 35.0 Å². The lowest BCUT2D eigenvalue weighted by Crippen LogP contribution is -2.35. The molecule has 0 unspecified atom stereocenters. The van der Waals surface area contributed by atoms with Crippen LogP contribution < -0.4 is 0 Å². The number of halogens is 2. The van der Waals surface area contributed by atoms with E-state index in [0.29, 0.717) is 16.6 Å². The van der Waals surface area contributed by atoms with Gasteiger partial charge < -0.3 is 9.30 Å². The number of aromatic nitrogens is 1. The lowest BCUT2D eigenvalue weighted by Gasteiger charge is -2.13. The number of hydrogen-bond donors (Lipinski definition) is 0. The minimum Gasteiger partial charge on any atom is -0.462 e. The zero-order valence-electron chi connectivity index (χ0n) is 17.9. The largest absolute Gasteiger partial charge is 0.462 e. The molecule has 1 fully saturated rings. The van der Waals surface area contributed by atoms with Crippen molar-refractivity contribution in [3.05, 3.63) is 74.7 Å². The highest BCUT2D eigenvalue weighted by Crippen LogP contribution is 2.34. The van der Waals surface area contributed by atoms with E-state index in [-0.39, 0.29) is 11.0 Å². The molecule has 1 aromatic heterocycles. The van der Waals surface area contributed by atoms with E-state index in [1.807, 2.05) is 41.1 Å². The van der Waals surface area contributed by atoms with Gasteiger partial charge in [-0.15, -0.1) is 0 Å². The number of para-hydroxylation sites is 1. The van der Waals surface area contributed by atoms with E-state index < -0.39 is 23.7 Å². The fraction of sp³-hybridized carbons (Fsp3) is 0.208. The quantitative estimate of drug-likeness (QED) is 0.306. The summed E-state index contributed by atoms with van der Waals surface area (Å²) in [4.78, 5) is 38.3. The van der Waals surface area contributed by atoms with Crippen LogP contribution in [0.1, 0.15) is 25.0 Å². The fourth-order valence-electron chi connectivity index (χ4n) is 3.56. The molecule has 2 heterocycles. The summed E-state index contributed by atoms with van der Waals surface area (Å²) in [5, 5.41) is 1.56. The second-order valence-electron chi connectivity index (χ2n) is 7.77. The first-order valence-electron chi connectivity index (χ1n) is 10.2. The highest BCUT2D eigenvalue weighted by Gasteiger charge is 2.37. The van der Waals surface area contributed by atoms with Gasteiger partial charge in [-0.2, -0.15) is 0 Å². The van der Waals surface area contributed by atoms with Crippen LogP contribution in [0.25, 0.3) is 17.0 Å². The van der Waals surface area contributed by atoms with Crippen molar-refractivity contribution in [3.63, 3.8) is 0 Å². The van der Waals surface area contributed by atoms with E-state index in [1.165, 1.54) is 0 Å². The first kappa shape index (κ1) is 23.4. The number of ether oxygens (including phenoxy) is 1. The number of esters is 1. The summed E-state index contributed by atoms with van der Waals surface area (Å²) < 4.78 is 7.09. The van der Waals surface area contributed by atoms with E-state index in [4.69, 9.17) is 27.9 Å². The van der Waals surface area contributed by atoms with Crippen LogP contribution in [0.3, 0.4) is 0 Å². The Balaban J connectivity index is 1.64. The number of imide groups is 1. The second kappa shape index (κ2) is 9.63. The predicted molar refractivity (Wildman–Crippen MR) is 131 cm³/mol. The summed E-state index contributed by atoms with van der Waals surface area (Å²) in [6, 6.07) is 13.1. The molecule has 1 saturated heterocycles. The molecule has 1 aliphatic heterocycles. The third-order valence-electron chi connectivity index (χ3n) is 4.99.